The van der Waals surface area contributed by atoms with Crippen LogP contribution in [0.25, 0.3) is 0 Å². The van der Waals surface area contributed by atoms with Crippen molar-refractivity contribution in [1.29, 1.82) is 0 Å². The van der Waals surface area contributed by atoms with Crippen molar-refractivity contribution in [3.8, 4) is 11.5 Å². The average molecular weight is 405 g/mol. The van der Waals surface area contributed by atoms with E-state index < -0.39 is 0 Å². The molecule has 1 aliphatic rings. The van der Waals surface area contributed by atoms with E-state index in [4.69, 9.17) is 9.47 Å². The zero-order valence-electron chi connectivity index (χ0n) is 14.1. The van der Waals surface area contributed by atoms with Crippen molar-refractivity contribution in [3.05, 3.63) is 53.0 Å². The fourth-order valence-corrected chi connectivity index (χ4v) is 2.89. The minimum Gasteiger partial charge on any atom is -0.457 e. The summed E-state index contributed by atoms with van der Waals surface area (Å²) >= 11 is 3.40. The second-order valence-electron chi connectivity index (χ2n) is 5.88. The fraction of sp³-hybridized carbons (Fsp3) is 0.316. The van der Waals surface area contributed by atoms with Gasteiger partial charge in [0.25, 0.3) is 0 Å². The van der Waals surface area contributed by atoms with E-state index in [2.05, 4.69) is 21.2 Å². The zero-order chi connectivity index (χ0) is 17.6. The summed E-state index contributed by atoms with van der Waals surface area (Å²) in [6.07, 6.45) is 0. The van der Waals surface area contributed by atoms with Crippen molar-refractivity contribution < 1.29 is 14.3 Å². The van der Waals surface area contributed by atoms with E-state index in [1.807, 2.05) is 60.4 Å². The van der Waals surface area contributed by atoms with Gasteiger partial charge in [-0.1, -0.05) is 15.9 Å². The van der Waals surface area contributed by atoms with E-state index in [0.717, 1.165) is 21.7 Å². The summed E-state index contributed by atoms with van der Waals surface area (Å²) in [7, 11) is 0. The lowest BCUT2D eigenvalue weighted by molar-refractivity contribution is -0.135. The highest BCUT2D eigenvalue weighted by atomic mass is 79.9. The SMILES string of the molecule is C[C@@H](Nc1ccc(Oc2ccc(Br)cc2)cc1)C(=O)N1CCOCC1. The summed E-state index contributed by atoms with van der Waals surface area (Å²) in [5.74, 6) is 1.62. The monoisotopic (exact) mass is 404 g/mol. The zero-order valence-corrected chi connectivity index (χ0v) is 15.7. The molecule has 0 radical (unpaired) electrons. The van der Waals surface area contributed by atoms with Crippen LogP contribution in [-0.2, 0) is 9.53 Å². The van der Waals surface area contributed by atoms with Crippen LogP contribution in [0.3, 0.4) is 0 Å². The number of hydrogen-bond acceptors (Lipinski definition) is 4. The van der Waals surface area contributed by atoms with Crippen molar-refractivity contribution in [2.24, 2.45) is 0 Å². The van der Waals surface area contributed by atoms with Gasteiger partial charge in [0.15, 0.2) is 0 Å². The van der Waals surface area contributed by atoms with Crippen molar-refractivity contribution in [3.63, 3.8) is 0 Å². The summed E-state index contributed by atoms with van der Waals surface area (Å²) in [5, 5.41) is 3.24. The summed E-state index contributed by atoms with van der Waals surface area (Å²) in [6, 6.07) is 15.0. The van der Waals surface area contributed by atoms with Gasteiger partial charge < -0.3 is 19.7 Å². The van der Waals surface area contributed by atoms with Gasteiger partial charge in [0.2, 0.25) is 5.91 Å². The number of carbonyl (C=O) groups is 1. The number of nitrogens with zero attached hydrogens (tertiary/aromatic N) is 1. The molecule has 0 unspecified atom stereocenters. The molecule has 1 heterocycles. The predicted octanol–water partition coefficient (Wildman–Crippen LogP) is 3.90. The lowest BCUT2D eigenvalue weighted by atomic mass is 10.2. The van der Waals surface area contributed by atoms with E-state index >= 15 is 0 Å². The molecular formula is C19H21BrN2O3. The Hall–Kier alpha value is -2.05. The minimum absolute atomic E-state index is 0.0958. The third-order valence-electron chi connectivity index (χ3n) is 3.98. The molecule has 1 aliphatic heterocycles. The van der Waals surface area contributed by atoms with Gasteiger partial charge in [-0.3, -0.25) is 4.79 Å². The first-order chi connectivity index (χ1) is 12.1. The fourth-order valence-electron chi connectivity index (χ4n) is 2.63. The number of morpholine rings is 1. The van der Waals surface area contributed by atoms with Gasteiger partial charge in [-0.15, -0.1) is 0 Å². The number of nitrogens with one attached hydrogen (secondary N) is 1. The molecule has 0 spiro atoms. The molecule has 5 nitrogen and oxygen atoms in total. The standard InChI is InChI=1S/C19H21BrN2O3/c1-14(19(23)22-10-12-24-13-11-22)21-16-4-8-18(9-5-16)25-17-6-2-15(20)3-7-17/h2-9,14,21H,10-13H2,1H3/t14-/m1/s1. The second-order valence-corrected chi connectivity index (χ2v) is 6.80. The summed E-state index contributed by atoms with van der Waals surface area (Å²) in [4.78, 5) is 14.3. The Kier molecular flexibility index (Phi) is 5.94. The number of halogens is 1. The molecule has 0 saturated carbocycles. The maximum atomic E-state index is 12.4. The van der Waals surface area contributed by atoms with Gasteiger partial charge >= 0.3 is 0 Å². The number of amides is 1. The number of rotatable bonds is 5. The molecule has 25 heavy (non-hydrogen) atoms. The lowest BCUT2D eigenvalue weighted by Crippen LogP contribution is -2.46. The maximum Gasteiger partial charge on any atom is 0.244 e. The first-order valence-electron chi connectivity index (χ1n) is 8.28. The molecule has 1 fully saturated rings. The summed E-state index contributed by atoms with van der Waals surface area (Å²) in [5.41, 5.74) is 0.886. The Balaban J connectivity index is 1.56. The van der Waals surface area contributed by atoms with Crippen molar-refractivity contribution in [1.82, 2.24) is 4.90 Å². The summed E-state index contributed by atoms with van der Waals surface area (Å²) in [6.45, 7) is 4.42. The number of benzene rings is 2. The van der Waals surface area contributed by atoms with Crippen LogP contribution in [0, 0.1) is 0 Å². The molecule has 3 rings (SSSR count). The predicted molar refractivity (Wildman–Crippen MR) is 101 cm³/mol. The van der Waals surface area contributed by atoms with Gasteiger partial charge in [-0.2, -0.15) is 0 Å². The van der Waals surface area contributed by atoms with E-state index in [1.165, 1.54) is 0 Å². The van der Waals surface area contributed by atoms with Crippen LogP contribution >= 0.6 is 15.9 Å². The van der Waals surface area contributed by atoms with Crippen LogP contribution in [-0.4, -0.2) is 43.2 Å². The Morgan fingerprint density at radius 1 is 1.08 bits per heavy atom. The van der Waals surface area contributed by atoms with Crippen LogP contribution in [0.1, 0.15) is 6.92 Å². The van der Waals surface area contributed by atoms with Gasteiger partial charge in [0.05, 0.1) is 13.2 Å². The molecule has 1 N–H and O–H groups in total. The number of carbonyl (C=O) groups excluding carboxylic acids is 1. The molecule has 1 saturated heterocycles. The quantitative estimate of drug-likeness (QED) is 0.820. The van der Waals surface area contributed by atoms with E-state index in [0.29, 0.717) is 26.3 Å². The van der Waals surface area contributed by atoms with Crippen molar-refractivity contribution >= 4 is 27.5 Å². The topological polar surface area (TPSA) is 50.8 Å². The number of anilines is 1. The Morgan fingerprint density at radius 3 is 2.24 bits per heavy atom. The van der Waals surface area contributed by atoms with E-state index in [-0.39, 0.29) is 11.9 Å². The van der Waals surface area contributed by atoms with Crippen molar-refractivity contribution in [2.75, 3.05) is 31.6 Å². The maximum absolute atomic E-state index is 12.4. The largest absolute Gasteiger partial charge is 0.457 e. The van der Waals surface area contributed by atoms with Gasteiger partial charge in [-0.25, -0.2) is 0 Å². The molecule has 2 aromatic rings. The molecule has 1 amide bonds. The molecule has 6 heteroatoms. The molecule has 132 valence electrons. The summed E-state index contributed by atoms with van der Waals surface area (Å²) < 4.78 is 12.1. The Labute approximate surface area is 156 Å². The van der Waals surface area contributed by atoms with Gasteiger partial charge in [0, 0.05) is 23.2 Å². The third-order valence-corrected chi connectivity index (χ3v) is 4.51. The lowest BCUT2D eigenvalue weighted by Gasteiger charge is -2.29. The van der Waals surface area contributed by atoms with Gasteiger partial charge in [-0.05, 0) is 55.5 Å². The van der Waals surface area contributed by atoms with Crippen LogP contribution in [0.15, 0.2) is 53.0 Å². The number of hydrogen-bond donors (Lipinski definition) is 1. The molecule has 0 bridgehead atoms. The van der Waals surface area contributed by atoms with Gasteiger partial charge in [0.1, 0.15) is 17.5 Å². The van der Waals surface area contributed by atoms with Crippen LogP contribution < -0.4 is 10.1 Å². The van der Waals surface area contributed by atoms with E-state index in [1.54, 1.807) is 0 Å². The molecule has 1 atom stereocenters. The first kappa shape index (κ1) is 17.8. The molecule has 2 aromatic carbocycles. The average Bonchev–Trinajstić information content (AvgIpc) is 2.65. The van der Waals surface area contributed by atoms with Crippen LogP contribution in [0.2, 0.25) is 0 Å². The first-order valence-corrected chi connectivity index (χ1v) is 9.08. The Bertz CT molecular complexity index is 698. The highest BCUT2D eigenvalue weighted by Crippen LogP contribution is 2.24. The third kappa shape index (κ3) is 4.96. The second kappa shape index (κ2) is 8.36. The van der Waals surface area contributed by atoms with Crippen molar-refractivity contribution in [2.45, 2.75) is 13.0 Å². The van der Waals surface area contributed by atoms with E-state index in [9.17, 15) is 4.79 Å². The smallest absolute Gasteiger partial charge is 0.244 e. The van der Waals surface area contributed by atoms with Crippen LogP contribution in [0.4, 0.5) is 5.69 Å². The highest BCUT2D eigenvalue weighted by molar-refractivity contribution is 9.10. The molecule has 0 aliphatic carbocycles. The molecular weight excluding hydrogens is 384 g/mol. The normalized spacial score (nSPS) is 15.5. The van der Waals surface area contributed by atoms with Crippen LogP contribution in [0.5, 0.6) is 11.5 Å². The highest BCUT2D eigenvalue weighted by Gasteiger charge is 2.22. The number of ether oxygens (including phenoxy) is 2. The minimum atomic E-state index is -0.281. The Morgan fingerprint density at radius 2 is 1.64 bits per heavy atom. The molecule has 0 aromatic heterocycles.